The number of hydrogen-bond donors (Lipinski definition) is 0. The van der Waals surface area contributed by atoms with Gasteiger partial charge >= 0.3 is 0 Å². The maximum Gasteiger partial charge on any atom is 0.111 e. The molecule has 15 heavy (non-hydrogen) atoms. The van der Waals surface area contributed by atoms with Gasteiger partial charge in [0.1, 0.15) is 5.03 Å². The Kier molecular flexibility index (Phi) is 4.09. The predicted octanol–water partition coefficient (Wildman–Crippen LogP) is 4.58. The molecule has 1 heterocycles. The van der Waals surface area contributed by atoms with Crippen LogP contribution in [0.5, 0.6) is 0 Å². The molecule has 0 amide bonds. The van der Waals surface area contributed by atoms with Crippen molar-refractivity contribution >= 4 is 27.7 Å². The highest BCUT2D eigenvalue weighted by molar-refractivity contribution is 9.10. The molecule has 1 nitrogen and oxygen atoms in total. The third kappa shape index (κ3) is 2.97. The number of hydrogen-bond acceptors (Lipinski definition) is 2. The molecule has 1 aromatic heterocycles. The lowest BCUT2D eigenvalue weighted by Gasteiger charge is -2.21. The molecular weight excluding hydrogens is 270 g/mol. The van der Waals surface area contributed by atoms with Crippen LogP contribution in [-0.2, 0) is 0 Å². The lowest BCUT2D eigenvalue weighted by molar-refractivity contribution is 0.515. The summed E-state index contributed by atoms with van der Waals surface area (Å²) in [5.74, 6) is 0. The molecule has 1 aromatic rings. The van der Waals surface area contributed by atoms with Gasteiger partial charge in [-0.15, -0.1) is 11.8 Å². The quantitative estimate of drug-likeness (QED) is 0.789. The number of aromatic nitrogens is 1. The van der Waals surface area contributed by atoms with E-state index in [0.717, 1.165) is 5.25 Å². The summed E-state index contributed by atoms with van der Waals surface area (Å²) in [5.41, 5.74) is 1.28. The van der Waals surface area contributed by atoms with Crippen molar-refractivity contribution in [2.24, 2.45) is 0 Å². The zero-order chi connectivity index (χ0) is 10.7. The van der Waals surface area contributed by atoms with Gasteiger partial charge in [0.15, 0.2) is 0 Å². The fourth-order valence-corrected chi connectivity index (χ4v) is 3.72. The van der Waals surface area contributed by atoms with E-state index in [0.29, 0.717) is 0 Å². The first kappa shape index (κ1) is 11.5. The Morgan fingerprint density at radius 2 is 2.07 bits per heavy atom. The maximum absolute atomic E-state index is 4.45. The van der Waals surface area contributed by atoms with Crippen molar-refractivity contribution in [3.8, 4) is 0 Å². The van der Waals surface area contributed by atoms with Gasteiger partial charge in [-0.3, -0.25) is 0 Å². The summed E-state index contributed by atoms with van der Waals surface area (Å²) in [4.78, 5) is 4.45. The molecule has 0 spiro atoms. The number of halogens is 1. The second-order valence-corrected chi connectivity index (χ2v) is 6.21. The van der Waals surface area contributed by atoms with Crippen molar-refractivity contribution in [2.45, 2.75) is 49.3 Å². The van der Waals surface area contributed by atoms with Crippen molar-refractivity contribution < 1.29 is 0 Å². The molecular formula is C12H16BrNS. The van der Waals surface area contributed by atoms with E-state index in [1.165, 1.54) is 47.2 Å². The summed E-state index contributed by atoms with van der Waals surface area (Å²) in [5, 5.41) is 1.95. The zero-order valence-electron chi connectivity index (χ0n) is 9.00. The van der Waals surface area contributed by atoms with Gasteiger partial charge < -0.3 is 0 Å². The van der Waals surface area contributed by atoms with Crippen LogP contribution in [0.3, 0.4) is 0 Å². The first-order valence-corrected chi connectivity index (χ1v) is 7.22. The molecule has 1 fully saturated rings. The SMILES string of the molecule is Cc1ccnc(SC2CCCCC2)c1Br. The highest BCUT2D eigenvalue weighted by Gasteiger charge is 2.16. The van der Waals surface area contributed by atoms with Crippen LogP contribution in [0.15, 0.2) is 21.8 Å². The van der Waals surface area contributed by atoms with Gasteiger partial charge in [-0.2, -0.15) is 0 Å². The minimum atomic E-state index is 0.782. The van der Waals surface area contributed by atoms with Crippen LogP contribution >= 0.6 is 27.7 Å². The van der Waals surface area contributed by atoms with E-state index >= 15 is 0 Å². The molecule has 0 atom stereocenters. The summed E-state index contributed by atoms with van der Waals surface area (Å²) < 4.78 is 1.18. The maximum atomic E-state index is 4.45. The van der Waals surface area contributed by atoms with Gasteiger partial charge in [0, 0.05) is 11.4 Å². The number of aryl methyl sites for hydroxylation is 1. The fourth-order valence-electron chi connectivity index (χ4n) is 1.94. The average Bonchev–Trinajstić information content (AvgIpc) is 2.26. The van der Waals surface area contributed by atoms with E-state index in [2.05, 4.69) is 33.9 Å². The first-order valence-electron chi connectivity index (χ1n) is 5.55. The van der Waals surface area contributed by atoms with E-state index in [1.807, 2.05) is 18.0 Å². The molecule has 1 aliphatic carbocycles. The van der Waals surface area contributed by atoms with Crippen molar-refractivity contribution in [1.82, 2.24) is 4.98 Å². The summed E-state index contributed by atoms with van der Waals surface area (Å²) in [6.45, 7) is 2.12. The summed E-state index contributed by atoms with van der Waals surface area (Å²) in [6, 6.07) is 2.05. The second kappa shape index (κ2) is 5.35. The monoisotopic (exact) mass is 285 g/mol. The molecule has 82 valence electrons. The van der Waals surface area contributed by atoms with Crippen LogP contribution in [-0.4, -0.2) is 10.2 Å². The number of pyridine rings is 1. The molecule has 0 unspecified atom stereocenters. The topological polar surface area (TPSA) is 12.9 Å². The van der Waals surface area contributed by atoms with Gasteiger partial charge in [0.25, 0.3) is 0 Å². The van der Waals surface area contributed by atoms with Gasteiger partial charge in [0.05, 0.1) is 4.47 Å². The van der Waals surface area contributed by atoms with Crippen LogP contribution in [0, 0.1) is 6.92 Å². The molecule has 1 aliphatic rings. The average molecular weight is 286 g/mol. The van der Waals surface area contributed by atoms with Crippen LogP contribution in [0.1, 0.15) is 37.7 Å². The molecule has 0 bridgehead atoms. The van der Waals surface area contributed by atoms with Crippen LogP contribution < -0.4 is 0 Å². The van der Waals surface area contributed by atoms with E-state index in [1.54, 1.807) is 0 Å². The summed E-state index contributed by atoms with van der Waals surface area (Å²) in [6.07, 6.45) is 8.81. The smallest absolute Gasteiger partial charge is 0.111 e. The van der Waals surface area contributed by atoms with Crippen molar-refractivity contribution in [2.75, 3.05) is 0 Å². The van der Waals surface area contributed by atoms with Gasteiger partial charge in [-0.1, -0.05) is 19.3 Å². The number of nitrogens with zero attached hydrogens (tertiary/aromatic N) is 1. The number of rotatable bonds is 2. The summed E-state index contributed by atoms with van der Waals surface area (Å²) in [7, 11) is 0. The van der Waals surface area contributed by atoms with Crippen molar-refractivity contribution in [3.63, 3.8) is 0 Å². The Morgan fingerprint density at radius 1 is 1.33 bits per heavy atom. The standard InChI is InChI=1S/C12H16BrNS/c1-9-7-8-14-12(11(9)13)15-10-5-3-2-4-6-10/h7-8,10H,2-6H2,1H3. The Labute approximate surface area is 104 Å². The number of thioether (sulfide) groups is 1. The van der Waals surface area contributed by atoms with E-state index < -0.39 is 0 Å². The van der Waals surface area contributed by atoms with E-state index in [-0.39, 0.29) is 0 Å². The first-order chi connectivity index (χ1) is 7.27. The molecule has 0 saturated heterocycles. The zero-order valence-corrected chi connectivity index (χ0v) is 11.4. The van der Waals surface area contributed by atoms with Crippen LogP contribution in [0.4, 0.5) is 0 Å². The normalized spacial score (nSPS) is 18.0. The molecule has 0 radical (unpaired) electrons. The summed E-state index contributed by atoms with van der Waals surface area (Å²) >= 11 is 5.57. The Balaban J connectivity index is 2.06. The Morgan fingerprint density at radius 3 is 2.80 bits per heavy atom. The van der Waals surface area contributed by atoms with E-state index in [9.17, 15) is 0 Å². The largest absolute Gasteiger partial charge is 0.249 e. The molecule has 3 heteroatoms. The molecule has 0 aromatic carbocycles. The van der Waals surface area contributed by atoms with Crippen molar-refractivity contribution in [3.05, 3.63) is 22.3 Å². The minimum absolute atomic E-state index is 0.782. The minimum Gasteiger partial charge on any atom is -0.249 e. The van der Waals surface area contributed by atoms with Gasteiger partial charge in [0.2, 0.25) is 0 Å². The molecule has 2 rings (SSSR count). The lowest BCUT2D eigenvalue weighted by Crippen LogP contribution is -2.08. The lowest BCUT2D eigenvalue weighted by atomic mass is 10.0. The fraction of sp³-hybridized carbons (Fsp3) is 0.583. The third-order valence-corrected chi connectivity index (χ3v) is 5.48. The van der Waals surface area contributed by atoms with Crippen molar-refractivity contribution in [1.29, 1.82) is 0 Å². The second-order valence-electron chi connectivity index (χ2n) is 4.12. The Hall–Kier alpha value is -0.0200. The molecule has 1 saturated carbocycles. The molecule has 0 aliphatic heterocycles. The van der Waals surface area contributed by atoms with E-state index in [4.69, 9.17) is 0 Å². The van der Waals surface area contributed by atoms with Crippen LogP contribution in [0.25, 0.3) is 0 Å². The predicted molar refractivity (Wildman–Crippen MR) is 69.4 cm³/mol. The van der Waals surface area contributed by atoms with Crippen LogP contribution in [0.2, 0.25) is 0 Å². The van der Waals surface area contributed by atoms with Gasteiger partial charge in [-0.05, 0) is 47.3 Å². The highest BCUT2D eigenvalue weighted by Crippen LogP contribution is 2.36. The van der Waals surface area contributed by atoms with Gasteiger partial charge in [-0.25, -0.2) is 4.98 Å². The highest BCUT2D eigenvalue weighted by atomic mass is 79.9. The third-order valence-electron chi connectivity index (χ3n) is 2.88. The Bertz CT molecular complexity index is 334. The molecule has 0 N–H and O–H groups in total.